The number of amides is 2. The number of rotatable bonds is 5. The lowest BCUT2D eigenvalue weighted by Crippen LogP contribution is -2.46. The van der Waals surface area contributed by atoms with Crippen LogP contribution in [0.15, 0.2) is 24.3 Å². The summed E-state index contributed by atoms with van der Waals surface area (Å²) >= 11 is 0. The smallest absolute Gasteiger partial charge is 0.312 e. The summed E-state index contributed by atoms with van der Waals surface area (Å²) in [6, 6.07) is 7.94. The van der Waals surface area contributed by atoms with Crippen molar-refractivity contribution in [2.24, 2.45) is 11.7 Å². The minimum Gasteiger partial charge on any atom is -0.492 e. The Kier molecular flexibility index (Phi) is 6.42. The van der Waals surface area contributed by atoms with Crippen molar-refractivity contribution in [3.8, 4) is 5.75 Å². The van der Waals surface area contributed by atoms with Gasteiger partial charge in [-0.2, -0.15) is 0 Å². The third-order valence-corrected chi connectivity index (χ3v) is 4.90. The Morgan fingerprint density at radius 2 is 2.08 bits per heavy atom. The molecule has 0 saturated carbocycles. The third kappa shape index (κ3) is 4.95. The lowest BCUT2D eigenvalue weighted by atomic mass is 9.89. The number of piperidine rings is 1. The van der Waals surface area contributed by atoms with Crippen LogP contribution < -0.4 is 10.5 Å². The number of benzene rings is 1. The molecule has 1 saturated heterocycles. The second kappa shape index (κ2) is 8.34. The van der Waals surface area contributed by atoms with Crippen LogP contribution in [-0.2, 0) is 9.59 Å². The van der Waals surface area contributed by atoms with Crippen LogP contribution >= 0.6 is 0 Å². The fourth-order valence-electron chi connectivity index (χ4n) is 3.04. The molecule has 138 valence electrons. The van der Waals surface area contributed by atoms with Crippen molar-refractivity contribution >= 4 is 11.8 Å². The highest BCUT2D eigenvalue weighted by atomic mass is 16.5. The van der Waals surface area contributed by atoms with Crippen molar-refractivity contribution in [3.63, 3.8) is 0 Å². The van der Waals surface area contributed by atoms with Gasteiger partial charge in [0.05, 0.1) is 6.04 Å². The van der Waals surface area contributed by atoms with Crippen LogP contribution in [0.25, 0.3) is 0 Å². The van der Waals surface area contributed by atoms with E-state index in [9.17, 15) is 9.59 Å². The molecule has 2 N–H and O–H groups in total. The number of likely N-dealkylation sites (N-methyl/N-ethyl adjacent to an activating group) is 1. The average Bonchev–Trinajstić information content (AvgIpc) is 2.58. The molecule has 1 heterocycles. The van der Waals surface area contributed by atoms with E-state index in [0.29, 0.717) is 25.1 Å². The average molecular weight is 347 g/mol. The molecule has 3 atom stereocenters. The largest absolute Gasteiger partial charge is 0.492 e. The molecule has 1 aliphatic heterocycles. The molecule has 25 heavy (non-hydrogen) atoms. The fraction of sp³-hybridized carbons (Fsp3) is 0.579. The van der Waals surface area contributed by atoms with Gasteiger partial charge in [0.25, 0.3) is 0 Å². The van der Waals surface area contributed by atoms with Crippen LogP contribution in [0, 0.1) is 5.92 Å². The molecular weight excluding hydrogens is 318 g/mol. The topological polar surface area (TPSA) is 75.9 Å². The van der Waals surface area contributed by atoms with Gasteiger partial charge in [0.1, 0.15) is 12.4 Å². The van der Waals surface area contributed by atoms with Gasteiger partial charge >= 0.3 is 11.8 Å². The maximum Gasteiger partial charge on any atom is 0.312 e. The summed E-state index contributed by atoms with van der Waals surface area (Å²) in [5.74, 6) is -0.369. The second-order valence-corrected chi connectivity index (χ2v) is 7.22. The van der Waals surface area contributed by atoms with Gasteiger partial charge in [0.15, 0.2) is 0 Å². The first-order valence-electron chi connectivity index (χ1n) is 8.79. The minimum atomic E-state index is -0.897. The standard InChI is InChI=1S/C19H29N3O3/c1-13-8-9-17(22(11-13)19(24)18(20)23)15-6-5-7-16(10-15)25-12-14(2)21(3)4/h5-7,10,13-14,17H,8-9,11-12H2,1-4H3,(H2,20,23)/t13-,14+,17+/m0/s1. The Morgan fingerprint density at radius 1 is 1.36 bits per heavy atom. The van der Waals surface area contributed by atoms with Crippen LogP contribution in [-0.4, -0.2) is 54.9 Å². The molecule has 6 nitrogen and oxygen atoms in total. The van der Waals surface area contributed by atoms with E-state index in [2.05, 4.69) is 18.7 Å². The zero-order valence-corrected chi connectivity index (χ0v) is 15.6. The molecule has 1 aliphatic rings. The molecule has 0 aliphatic carbocycles. The zero-order chi connectivity index (χ0) is 18.6. The SMILES string of the molecule is C[C@H]1CC[C@H](c2cccc(OC[C@@H](C)N(C)C)c2)N(C(=O)C(N)=O)C1. The molecule has 0 aromatic heterocycles. The van der Waals surface area contributed by atoms with Gasteiger partial charge in [0, 0.05) is 12.6 Å². The summed E-state index contributed by atoms with van der Waals surface area (Å²) < 4.78 is 5.89. The zero-order valence-electron chi connectivity index (χ0n) is 15.6. The van der Waals surface area contributed by atoms with Gasteiger partial charge in [0.2, 0.25) is 0 Å². The number of carbonyl (C=O) groups excluding carboxylic acids is 2. The lowest BCUT2D eigenvalue weighted by molar-refractivity contribution is -0.147. The molecule has 2 amide bonds. The van der Waals surface area contributed by atoms with Crippen molar-refractivity contribution in [1.82, 2.24) is 9.80 Å². The predicted octanol–water partition coefficient (Wildman–Crippen LogP) is 1.80. The van der Waals surface area contributed by atoms with Crippen LogP contribution in [0.3, 0.4) is 0 Å². The quantitative estimate of drug-likeness (QED) is 0.824. The summed E-state index contributed by atoms with van der Waals surface area (Å²) in [6.45, 7) is 5.32. The van der Waals surface area contributed by atoms with E-state index < -0.39 is 11.8 Å². The number of ether oxygens (including phenoxy) is 1. The number of hydrogen-bond donors (Lipinski definition) is 1. The van der Waals surface area contributed by atoms with Crippen molar-refractivity contribution < 1.29 is 14.3 Å². The number of nitrogens with zero attached hydrogens (tertiary/aromatic N) is 2. The van der Waals surface area contributed by atoms with Crippen LogP contribution in [0.2, 0.25) is 0 Å². The molecule has 0 unspecified atom stereocenters. The molecular formula is C19H29N3O3. The Hall–Kier alpha value is -2.08. The molecule has 0 bridgehead atoms. The molecule has 1 aromatic rings. The molecule has 0 radical (unpaired) electrons. The van der Waals surface area contributed by atoms with Gasteiger partial charge in [-0.05, 0) is 57.5 Å². The van der Waals surface area contributed by atoms with Gasteiger partial charge in [-0.25, -0.2) is 0 Å². The van der Waals surface area contributed by atoms with E-state index in [4.69, 9.17) is 10.5 Å². The number of primary amides is 1. The highest BCUT2D eigenvalue weighted by Crippen LogP contribution is 2.34. The van der Waals surface area contributed by atoms with E-state index in [1.165, 1.54) is 0 Å². The lowest BCUT2D eigenvalue weighted by Gasteiger charge is -2.38. The van der Waals surface area contributed by atoms with Crippen LogP contribution in [0.1, 0.15) is 38.3 Å². The summed E-state index contributed by atoms with van der Waals surface area (Å²) in [4.78, 5) is 27.3. The third-order valence-electron chi connectivity index (χ3n) is 4.90. The summed E-state index contributed by atoms with van der Waals surface area (Å²) in [7, 11) is 4.03. The molecule has 1 fully saturated rings. The van der Waals surface area contributed by atoms with Gasteiger partial charge in [-0.1, -0.05) is 19.1 Å². The maximum atomic E-state index is 12.2. The molecule has 6 heteroatoms. The van der Waals surface area contributed by atoms with E-state index in [-0.39, 0.29) is 6.04 Å². The summed E-state index contributed by atoms with van der Waals surface area (Å²) in [5.41, 5.74) is 6.22. The molecule has 0 spiro atoms. The van der Waals surface area contributed by atoms with E-state index in [1.54, 1.807) is 4.90 Å². The first-order chi connectivity index (χ1) is 11.8. The summed E-state index contributed by atoms with van der Waals surface area (Å²) in [5, 5.41) is 0. The number of nitrogens with two attached hydrogens (primary N) is 1. The van der Waals surface area contributed by atoms with Gasteiger partial charge < -0.3 is 20.3 Å². The highest BCUT2D eigenvalue weighted by Gasteiger charge is 2.33. The van der Waals surface area contributed by atoms with E-state index in [0.717, 1.165) is 24.2 Å². The van der Waals surface area contributed by atoms with E-state index >= 15 is 0 Å². The van der Waals surface area contributed by atoms with Crippen molar-refractivity contribution in [2.75, 3.05) is 27.2 Å². The Labute approximate surface area is 149 Å². The Morgan fingerprint density at radius 3 is 2.72 bits per heavy atom. The number of likely N-dealkylation sites (tertiary alicyclic amines) is 1. The van der Waals surface area contributed by atoms with Crippen molar-refractivity contribution in [1.29, 1.82) is 0 Å². The first kappa shape index (κ1) is 19.2. The number of carbonyl (C=O) groups is 2. The highest BCUT2D eigenvalue weighted by molar-refractivity contribution is 6.34. The maximum absolute atomic E-state index is 12.2. The van der Waals surface area contributed by atoms with Crippen LogP contribution in [0.5, 0.6) is 5.75 Å². The fourth-order valence-corrected chi connectivity index (χ4v) is 3.04. The van der Waals surface area contributed by atoms with Gasteiger partial charge in [-0.3, -0.25) is 9.59 Å². The van der Waals surface area contributed by atoms with Crippen molar-refractivity contribution in [2.45, 2.75) is 38.8 Å². The summed E-state index contributed by atoms with van der Waals surface area (Å²) in [6.07, 6.45) is 1.83. The first-order valence-corrected chi connectivity index (χ1v) is 8.79. The Bertz CT molecular complexity index is 618. The number of hydrogen-bond acceptors (Lipinski definition) is 4. The predicted molar refractivity (Wildman–Crippen MR) is 97.1 cm³/mol. The van der Waals surface area contributed by atoms with E-state index in [1.807, 2.05) is 38.4 Å². The van der Waals surface area contributed by atoms with Crippen molar-refractivity contribution in [3.05, 3.63) is 29.8 Å². The normalized spacial score (nSPS) is 21.9. The monoisotopic (exact) mass is 347 g/mol. The second-order valence-electron chi connectivity index (χ2n) is 7.22. The van der Waals surface area contributed by atoms with Gasteiger partial charge in [-0.15, -0.1) is 0 Å². The van der Waals surface area contributed by atoms with Crippen LogP contribution in [0.4, 0.5) is 0 Å². The molecule has 1 aromatic carbocycles. The minimum absolute atomic E-state index is 0.133. The Balaban J connectivity index is 2.16. The molecule has 2 rings (SSSR count).